The van der Waals surface area contributed by atoms with Crippen molar-refractivity contribution >= 4 is 23.4 Å². The van der Waals surface area contributed by atoms with Gasteiger partial charge in [-0.3, -0.25) is 0 Å². The molecule has 1 saturated heterocycles. The number of nitrogens with zero attached hydrogens (tertiary/aromatic N) is 5. The highest BCUT2D eigenvalue weighted by molar-refractivity contribution is 6.30. The van der Waals surface area contributed by atoms with E-state index in [-0.39, 0.29) is 6.04 Å². The molecule has 5 nitrogen and oxygen atoms in total. The number of hydrogen-bond acceptors (Lipinski definition) is 5. The lowest BCUT2D eigenvalue weighted by atomic mass is 10.0. The summed E-state index contributed by atoms with van der Waals surface area (Å²) >= 11 is 5.80. The van der Waals surface area contributed by atoms with Crippen LogP contribution >= 0.6 is 11.6 Å². The van der Waals surface area contributed by atoms with Gasteiger partial charge in [-0.2, -0.15) is 13.2 Å². The first kappa shape index (κ1) is 17.7. The SMILES string of the molecule is CN(c1ncc(Cl)cn1)C1CCN(c2cccc(C(F)(F)F)n2)CC1. The molecular weight excluding hydrogens is 355 g/mol. The molecule has 0 N–H and O–H groups in total. The van der Waals surface area contributed by atoms with E-state index in [1.807, 2.05) is 16.8 Å². The molecule has 2 aromatic heterocycles. The lowest BCUT2D eigenvalue weighted by Gasteiger charge is -2.37. The Balaban J connectivity index is 1.65. The molecule has 0 aliphatic carbocycles. The average molecular weight is 372 g/mol. The van der Waals surface area contributed by atoms with Gasteiger partial charge in [0.1, 0.15) is 11.5 Å². The highest BCUT2D eigenvalue weighted by Gasteiger charge is 2.33. The van der Waals surface area contributed by atoms with E-state index in [9.17, 15) is 13.2 Å². The Morgan fingerprint density at radius 2 is 1.80 bits per heavy atom. The Labute approximate surface area is 148 Å². The van der Waals surface area contributed by atoms with E-state index >= 15 is 0 Å². The second-order valence-electron chi connectivity index (χ2n) is 5.91. The van der Waals surface area contributed by atoms with Crippen molar-refractivity contribution < 1.29 is 13.2 Å². The van der Waals surface area contributed by atoms with Crippen LogP contribution in [0.4, 0.5) is 24.9 Å². The second-order valence-corrected chi connectivity index (χ2v) is 6.35. The summed E-state index contributed by atoms with van der Waals surface area (Å²) in [6, 6.07) is 4.21. The van der Waals surface area contributed by atoms with Crippen LogP contribution in [0.3, 0.4) is 0 Å². The second kappa shape index (κ2) is 7.03. The molecule has 3 rings (SSSR count). The van der Waals surface area contributed by atoms with Crippen molar-refractivity contribution in [2.75, 3.05) is 29.9 Å². The third-order valence-corrected chi connectivity index (χ3v) is 4.48. The minimum Gasteiger partial charge on any atom is -0.356 e. The zero-order valence-corrected chi connectivity index (χ0v) is 14.3. The molecule has 0 amide bonds. The zero-order valence-electron chi connectivity index (χ0n) is 13.5. The number of anilines is 2. The van der Waals surface area contributed by atoms with Crippen molar-refractivity contribution in [3.05, 3.63) is 41.3 Å². The molecule has 9 heteroatoms. The van der Waals surface area contributed by atoms with E-state index < -0.39 is 11.9 Å². The summed E-state index contributed by atoms with van der Waals surface area (Å²) < 4.78 is 38.4. The van der Waals surface area contributed by atoms with E-state index in [0.717, 1.165) is 18.9 Å². The van der Waals surface area contributed by atoms with E-state index in [1.54, 1.807) is 18.5 Å². The highest BCUT2D eigenvalue weighted by atomic mass is 35.5. The first-order chi connectivity index (χ1) is 11.8. The first-order valence-electron chi connectivity index (χ1n) is 7.84. The van der Waals surface area contributed by atoms with Gasteiger partial charge in [0.05, 0.1) is 17.4 Å². The topological polar surface area (TPSA) is 45.2 Å². The summed E-state index contributed by atoms with van der Waals surface area (Å²) in [5.74, 6) is 0.943. The molecule has 1 aliphatic rings. The maximum atomic E-state index is 12.8. The fourth-order valence-electron chi connectivity index (χ4n) is 2.89. The van der Waals surface area contributed by atoms with Crippen molar-refractivity contribution in [2.45, 2.75) is 25.1 Å². The number of hydrogen-bond donors (Lipinski definition) is 0. The Kier molecular flexibility index (Phi) is 4.99. The Hall–Kier alpha value is -2.09. The van der Waals surface area contributed by atoms with Crippen LogP contribution in [0.2, 0.25) is 5.02 Å². The van der Waals surface area contributed by atoms with Crippen LogP contribution in [-0.4, -0.2) is 41.1 Å². The number of piperidine rings is 1. The summed E-state index contributed by atoms with van der Waals surface area (Å²) in [5, 5.41) is 0.475. The molecule has 1 fully saturated rings. The van der Waals surface area contributed by atoms with Gasteiger partial charge in [0, 0.05) is 26.2 Å². The summed E-state index contributed by atoms with van der Waals surface area (Å²) in [6.45, 7) is 1.24. The minimum atomic E-state index is -4.43. The van der Waals surface area contributed by atoms with Gasteiger partial charge in [-0.05, 0) is 25.0 Å². The van der Waals surface area contributed by atoms with Gasteiger partial charge in [-0.1, -0.05) is 17.7 Å². The fraction of sp³-hybridized carbons (Fsp3) is 0.438. The number of halogens is 4. The molecule has 2 aromatic rings. The molecular formula is C16H17ClF3N5. The summed E-state index contributed by atoms with van der Waals surface area (Å²) in [7, 11) is 1.91. The monoisotopic (exact) mass is 371 g/mol. The predicted octanol–water partition coefficient (Wildman–Crippen LogP) is 3.65. The number of rotatable bonds is 3. The van der Waals surface area contributed by atoms with Gasteiger partial charge in [0.25, 0.3) is 0 Å². The van der Waals surface area contributed by atoms with E-state index in [0.29, 0.717) is 29.9 Å². The molecule has 0 atom stereocenters. The van der Waals surface area contributed by atoms with Gasteiger partial charge in [-0.15, -0.1) is 0 Å². The molecule has 0 spiro atoms. The van der Waals surface area contributed by atoms with Gasteiger partial charge in [-0.25, -0.2) is 15.0 Å². The number of aromatic nitrogens is 3. The largest absolute Gasteiger partial charge is 0.433 e. The molecule has 0 radical (unpaired) electrons. The van der Waals surface area contributed by atoms with E-state index in [2.05, 4.69) is 15.0 Å². The van der Waals surface area contributed by atoms with E-state index in [4.69, 9.17) is 11.6 Å². The fourth-order valence-corrected chi connectivity index (χ4v) is 2.99. The molecule has 134 valence electrons. The average Bonchev–Trinajstić information content (AvgIpc) is 2.61. The Morgan fingerprint density at radius 1 is 1.16 bits per heavy atom. The van der Waals surface area contributed by atoms with Crippen LogP contribution in [0.15, 0.2) is 30.6 Å². The third kappa shape index (κ3) is 4.12. The normalized spacial score (nSPS) is 16.1. The third-order valence-electron chi connectivity index (χ3n) is 4.28. The molecule has 3 heterocycles. The van der Waals surface area contributed by atoms with Crippen LogP contribution in [0.1, 0.15) is 18.5 Å². The van der Waals surface area contributed by atoms with Crippen LogP contribution < -0.4 is 9.80 Å². The molecule has 0 unspecified atom stereocenters. The molecule has 25 heavy (non-hydrogen) atoms. The van der Waals surface area contributed by atoms with Crippen LogP contribution in [0, 0.1) is 0 Å². The van der Waals surface area contributed by atoms with Crippen LogP contribution in [0.25, 0.3) is 0 Å². The van der Waals surface area contributed by atoms with Crippen molar-refractivity contribution in [1.29, 1.82) is 0 Å². The zero-order chi connectivity index (χ0) is 18.0. The smallest absolute Gasteiger partial charge is 0.356 e. The molecule has 1 aliphatic heterocycles. The summed E-state index contributed by atoms with van der Waals surface area (Å²) in [5.41, 5.74) is -0.862. The maximum Gasteiger partial charge on any atom is 0.433 e. The van der Waals surface area contributed by atoms with Gasteiger partial charge >= 0.3 is 6.18 Å². The lowest BCUT2D eigenvalue weighted by molar-refractivity contribution is -0.141. The Bertz CT molecular complexity index is 714. The molecule has 0 aromatic carbocycles. The minimum absolute atomic E-state index is 0.211. The predicted molar refractivity (Wildman–Crippen MR) is 89.9 cm³/mol. The van der Waals surface area contributed by atoms with Crippen LogP contribution in [0.5, 0.6) is 0 Å². The standard InChI is InChI=1S/C16H17ClF3N5/c1-24(15-21-9-11(17)10-22-15)12-5-7-25(8-6-12)14-4-2-3-13(23-14)16(18,19)20/h2-4,9-10,12H,5-8H2,1H3. The lowest BCUT2D eigenvalue weighted by Crippen LogP contribution is -2.44. The summed E-state index contributed by atoms with van der Waals surface area (Å²) in [4.78, 5) is 16.0. The van der Waals surface area contributed by atoms with Gasteiger partial charge in [0.2, 0.25) is 5.95 Å². The van der Waals surface area contributed by atoms with Gasteiger partial charge in [0.15, 0.2) is 0 Å². The van der Waals surface area contributed by atoms with Crippen LogP contribution in [-0.2, 0) is 6.18 Å². The quantitative estimate of drug-likeness (QED) is 0.824. The number of alkyl halides is 3. The van der Waals surface area contributed by atoms with Gasteiger partial charge < -0.3 is 9.80 Å². The number of pyridine rings is 1. The van der Waals surface area contributed by atoms with Crippen molar-refractivity contribution in [3.8, 4) is 0 Å². The van der Waals surface area contributed by atoms with Crippen molar-refractivity contribution in [2.24, 2.45) is 0 Å². The summed E-state index contributed by atoms with van der Waals surface area (Å²) in [6.07, 6.45) is 0.214. The van der Waals surface area contributed by atoms with E-state index in [1.165, 1.54) is 6.07 Å². The van der Waals surface area contributed by atoms with Crippen molar-refractivity contribution in [1.82, 2.24) is 15.0 Å². The maximum absolute atomic E-state index is 12.8. The molecule has 0 saturated carbocycles. The van der Waals surface area contributed by atoms with Crippen molar-refractivity contribution in [3.63, 3.8) is 0 Å². The Morgan fingerprint density at radius 3 is 2.40 bits per heavy atom. The highest BCUT2D eigenvalue weighted by Crippen LogP contribution is 2.30. The first-order valence-corrected chi connectivity index (χ1v) is 8.22. The molecule has 0 bridgehead atoms.